The van der Waals surface area contributed by atoms with Gasteiger partial charge < -0.3 is 9.64 Å². The molecule has 1 amide bonds. The predicted octanol–water partition coefficient (Wildman–Crippen LogP) is 1.77. The van der Waals surface area contributed by atoms with Crippen LogP contribution in [0.4, 0.5) is 0 Å². The van der Waals surface area contributed by atoms with Crippen LogP contribution < -0.4 is 10.2 Å². The quantitative estimate of drug-likeness (QED) is 0.586. The van der Waals surface area contributed by atoms with Gasteiger partial charge in [-0.15, -0.1) is 0 Å². The van der Waals surface area contributed by atoms with Gasteiger partial charge >= 0.3 is 0 Å². The number of amides is 1. The lowest BCUT2D eigenvalue weighted by molar-refractivity contribution is -0.161. The summed E-state index contributed by atoms with van der Waals surface area (Å²) >= 11 is 0. The minimum atomic E-state index is -1.13. The van der Waals surface area contributed by atoms with E-state index >= 15 is 0 Å². The summed E-state index contributed by atoms with van der Waals surface area (Å²) in [6, 6.07) is 16.5. The van der Waals surface area contributed by atoms with Gasteiger partial charge in [-0.05, 0) is 37.1 Å². The second kappa shape index (κ2) is 8.61. The molecule has 0 saturated carbocycles. The number of piperazine rings is 1. The van der Waals surface area contributed by atoms with Crippen molar-refractivity contribution in [1.82, 2.24) is 15.3 Å². The highest BCUT2D eigenvalue weighted by molar-refractivity contribution is 6.44. The van der Waals surface area contributed by atoms with Crippen molar-refractivity contribution in [3.63, 3.8) is 0 Å². The van der Waals surface area contributed by atoms with Crippen molar-refractivity contribution in [2.24, 2.45) is 0 Å². The summed E-state index contributed by atoms with van der Waals surface area (Å²) in [5.74, 6) is -0.951. The molecule has 2 aliphatic rings. The summed E-state index contributed by atoms with van der Waals surface area (Å²) in [4.78, 5) is 39.0. The van der Waals surface area contributed by atoms with Gasteiger partial charge in [-0.2, -0.15) is 0 Å². The third kappa shape index (κ3) is 4.11. The van der Waals surface area contributed by atoms with Crippen LogP contribution in [0.1, 0.15) is 30.9 Å². The molecule has 31 heavy (non-hydrogen) atoms. The summed E-state index contributed by atoms with van der Waals surface area (Å²) in [5, 5.41) is 1.69. The van der Waals surface area contributed by atoms with E-state index in [-0.39, 0.29) is 30.5 Å². The molecule has 162 valence electrons. The maximum absolute atomic E-state index is 12.8. The van der Waals surface area contributed by atoms with Crippen molar-refractivity contribution in [3.8, 4) is 5.75 Å². The zero-order valence-corrected chi connectivity index (χ0v) is 17.9. The van der Waals surface area contributed by atoms with Gasteiger partial charge in [0.15, 0.2) is 6.04 Å². The number of carbonyl (C=O) groups is 3. The zero-order valence-electron chi connectivity index (χ0n) is 17.9. The van der Waals surface area contributed by atoms with Crippen LogP contribution in [0.25, 0.3) is 0 Å². The molecule has 7 nitrogen and oxygen atoms in total. The fourth-order valence-electron chi connectivity index (χ4n) is 4.44. The molecule has 2 aliphatic heterocycles. The fraction of sp³-hybridized carbons (Fsp3) is 0.375. The topological polar surface area (TPSA) is 78.9 Å². The van der Waals surface area contributed by atoms with Gasteiger partial charge in [0.1, 0.15) is 5.75 Å². The molecule has 0 bridgehead atoms. The molecular weight excluding hydrogens is 394 g/mol. The van der Waals surface area contributed by atoms with Gasteiger partial charge in [0.2, 0.25) is 17.5 Å². The van der Waals surface area contributed by atoms with Crippen molar-refractivity contribution in [2.75, 3.05) is 20.1 Å². The van der Waals surface area contributed by atoms with Crippen molar-refractivity contribution in [1.29, 1.82) is 0 Å². The second-order valence-corrected chi connectivity index (χ2v) is 8.35. The summed E-state index contributed by atoms with van der Waals surface area (Å²) in [6.45, 7) is 4.28. The first-order valence-corrected chi connectivity index (χ1v) is 10.5. The van der Waals surface area contributed by atoms with E-state index in [2.05, 4.69) is 5.43 Å². The summed E-state index contributed by atoms with van der Waals surface area (Å²) in [6.07, 6.45) is 0.0423. The molecule has 4 rings (SSSR count). The maximum atomic E-state index is 12.8. The molecule has 2 fully saturated rings. The number of likely N-dealkylation sites (N-methyl/N-ethyl adjacent to an activating group) is 1. The Morgan fingerprint density at radius 1 is 1.00 bits per heavy atom. The van der Waals surface area contributed by atoms with Crippen molar-refractivity contribution in [2.45, 2.75) is 38.0 Å². The minimum absolute atomic E-state index is 0.0423. The van der Waals surface area contributed by atoms with E-state index < -0.39 is 17.6 Å². The molecule has 3 unspecified atom stereocenters. The molecule has 0 radical (unpaired) electrons. The van der Waals surface area contributed by atoms with E-state index in [9.17, 15) is 14.4 Å². The average molecular weight is 421 g/mol. The minimum Gasteiger partial charge on any atom is -0.491 e. The predicted molar refractivity (Wildman–Crippen MR) is 116 cm³/mol. The lowest BCUT2D eigenvalue weighted by atomic mass is 9.82. The Labute approximate surface area is 181 Å². The molecular formula is C24H27N3O4. The Morgan fingerprint density at radius 2 is 1.71 bits per heavy atom. The Morgan fingerprint density at radius 3 is 2.42 bits per heavy atom. The van der Waals surface area contributed by atoms with Crippen LogP contribution in [0.5, 0.6) is 5.75 Å². The lowest BCUT2D eigenvalue weighted by Crippen LogP contribution is -2.73. The van der Waals surface area contributed by atoms with Crippen LogP contribution in [-0.4, -0.2) is 65.7 Å². The number of ketones is 2. The smallest absolute Gasteiger partial charge is 0.249 e. The Hall–Kier alpha value is -3.03. The highest BCUT2D eigenvalue weighted by atomic mass is 16.5. The summed E-state index contributed by atoms with van der Waals surface area (Å²) < 4.78 is 5.91. The highest BCUT2D eigenvalue weighted by Gasteiger charge is 2.50. The van der Waals surface area contributed by atoms with Gasteiger partial charge in [-0.3, -0.25) is 14.4 Å². The zero-order chi connectivity index (χ0) is 22.1. The van der Waals surface area contributed by atoms with E-state index in [1.807, 2.05) is 68.4 Å². The van der Waals surface area contributed by atoms with Gasteiger partial charge in [-0.1, -0.05) is 42.5 Å². The first kappa shape index (κ1) is 21.2. The number of hydrazine groups is 1. The molecule has 7 heteroatoms. The average Bonchev–Trinajstić information content (AvgIpc) is 2.74. The SMILES string of the molecule is CC(C)Oc1cccc(C(c2ccccc2)C2CN(C)C(=O)C3C(=O)C(=O)CNN32)c1. The summed E-state index contributed by atoms with van der Waals surface area (Å²) in [7, 11) is 1.68. The number of benzene rings is 2. The number of nitrogens with one attached hydrogen (secondary N) is 1. The van der Waals surface area contributed by atoms with Crippen LogP contribution in [0.15, 0.2) is 54.6 Å². The Kier molecular flexibility index (Phi) is 5.89. The third-order valence-electron chi connectivity index (χ3n) is 5.78. The largest absolute Gasteiger partial charge is 0.491 e. The molecule has 1 N–H and O–H groups in total. The molecule has 2 saturated heterocycles. The fourth-order valence-corrected chi connectivity index (χ4v) is 4.44. The molecule has 3 atom stereocenters. The lowest BCUT2D eigenvalue weighted by Gasteiger charge is -2.48. The normalized spacial score (nSPS) is 23.1. The standard InChI is InChI=1S/C24H27N3O4/c1-15(2)31-18-11-7-10-17(12-18)21(16-8-5-4-6-9-16)19-14-26(3)24(30)22-23(29)20(28)13-25-27(19)22/h4-12,15,19,21-22,25H,13-14H2,1-3H3. The second-order valence-electron chi connectivity index (χ2n) is 8.35. The van der Waals surface area contributed by atoms with Gasteiger partial charge in [0.05, 0.1) is 18.7 Å². The van der Waals surface area contributed by atoms with E-state index in [1.165, 1.54) is 0 Å². The van der Waals surface area contributed by atoms with Crippen molar-refractivity contribution < 1.29 is 19.1 Å². The molecule has 2 aromatic carbocycles. The van der Waals surface area contributed by atoms with Gasteiger partial charge in [0, 0.05) is 19.5 Å². The molecule has 0 aliphatic carbocycles. The van der Waals surface area contributed by atoms with Crippen LogP contribution in [-0.2, 0) is 14.4 Å². The van der Waals surface area contributed by atoms with Crippen LogP contribution in [0.2, 0.25) is 0 Å². The van der Waals surface area contributed by atoms with Crippen LogP contribution in [0.3, 0.4) is 0 Å². The third-order valence-corrected chi connectivity index (χ3v) is 5.78. The first-order valence-electron chi connectivity index (χ1n) is 10.5. The number of fused-ring (bicyclic) bond motifs is 1. The summed E-state index contributed by atoms with van der Waals surface area (Å²) in [5.41, 5.74) is 5.13. The highest BCUT2D eigenvalue weighted by Crippen LogP contribution is 2.36. The number of ether oxygens (including phenoxy) is 1. The monoisotopic (exact) mass is 421 g/mol. The van der Waals surface area contributed by atoms with Crippen LogP contribution in [0, 0.1) is 0 Å². The number of Topliss-reactive ketones (excluding diaryl/α,β-unsaturated/α-hetero) is 2. The molecule has 0 spiro atoms. The Bertz CT molecular complexity index is 991. The van der Waals surface area contributed by atoms with E-state index in [0.717, 1.165) is 16.9 Å². The van der Waals surface area contributed by atoms with Crippen molar-refractivity contribution in [3.05, 3.63) is 65.7 Å². The van der Waals surface area contributed by atoms with E-state index in [1.54, 1.807) is 17.0 Å². The molecule has 2 heterocycles. The number of nitrogens with zero attached hydrogens (tertiary/aromatic N) is 2. The Balaban J connectivity index is 1.80. The van der Waals surface area contributed by atoms with E-state index in [4.69, 9.17) is 4.74 Å². The maximum Gasteiger partial charge on any atom is 0.249 e. The number of hydrogen-bond acceptors (Lipinski definition) is 6. The molecule has 0 aromatic heterocycles. The van der Waals surface area contributed by atoms with E-state index in [0.29, 0.717) is 6.54 Å². The number of hydrogen-bond donors (Lipinski definition) is 1. The van der Waals surface area contributed by atoms with Gasteiger partial charge in [0.25, 0.3) is 0 Å². The number of rotatable bonds is 5. The van der Waals surface area contributed by atoms with Crippen molar-refractivity contribution >= 4 is 17.5 Å². The first-order chi connectivity index (χ1) is 14.9. The molecule has 2 aromatic rings. The van der Waals surface area contributed by atoms with Gasteiger partial charge in [-0.25, -0.2) is 10.4 Å². The van der Waals surface area contributed by atoms with Crippen LogP contribution >= 0.6 is 0 Å². The number of carbonyl (C=O) groups excluding carboxylic acids is 3.